The lowest BCUT2D eigenvalue weighted by atomic mass is 10.1. The fourth-order valence-corrected chi connectivity index (χ4v) is 2.23. The van der Waals surface area contributed by atoms with Crippen LogP contribution in [0.5, 0.6) is 5.75 Å². The Kier molecular flexibility index (Phi) is 5.26. The number of benzene rings is 2. The Hall–Kier alpha value is -1.96. The third-order valence-corrected chi connectivity index (χ3v) is 3.43. The van der Waals surface area contributed by atoms with Gasteiger partial charge in [-0.25, -0.2) is 0 Å². The van der Waals surface area contributed by atoms with E-state index >= 15 is 0 Å². The first-order valence-electron chi connectivity index (χ1n) is 7.58. The Morgan fingerprint density at radius 2 is 1.81 bits per heavy atom. The van der Waals surface area contributed by atoms with Crippen molar-refractivity contribution in [1.29, 1.82) is 0 Å². The summed E-state index contributed by atoms with van der Waals surface area (Å²) in [6.45, 7) is 10.2. The van der Waals surface area contributed by atoms with Gasteiger partial charge in [0.25, 0.3) is 0 Å². The molecule has 0 atom stereocenters. The molecule has 0 fully saturated rings. The van der Waals surface area contributed by atoms with Crippen LogP contribution < -0.4 is 10.1 Å². The highest BCUT2D eigenvalue weighted by atomic mass is 16.5. The van der Waals surface area contributed by atoms with Gasteiger partial charge in [-0.3, -0.25) is 0 Å². The molecule has 2 nitrogen and oxygen atoms in total. The molecular formula is C19H25NO. The van der Waals surface area contributed by atoms with Crippen LogP contribution in [0.3, 0.4) is 0 Å². The molecule has 0 aliphatic carbocycles. The van der Waals surface area contributed by atoms with E-state index in [4.69, 9.17) is 4.74 Å². The van der Waals surface area contributed by atoms with E-state index in [0.717, 1.165) is 24.6 Å². The number of ether oxygens (including phenoxy) is 1. The van der Waals surface area contributed by atoms with Crippen LogP contribution in [-0.2, 0) is 6.54 Å². The molecule has 0 bridgehead atoms. The quantitative estimate of drug-likeness (QED) is 0.810. The average molecular weight is 283 g/mol. The zero-order chi connectivity index (χ0) is 15.2. The van der Waals surface area contributed by atoms with Gasteiger partial charge in [-0.2, -0.15) is 0 Å². The maximum Gasteiger partial charge on any atom is 0.142 e. The molecule has 0 spiro atoms. The summed E-state index contributed by atoms with van der Waals surface area (Å²) in [4.78, 5) is 0. The minimum atomic E-state index is 0.525. The average Bonchev–Trinajstić information content (AvgIpc) is 2.45. The van der Waals surface area contributed by atoms with Crippen LogP contribution in [-0.4, -0.2) is 6.61 Å². The summed E-state index contributed by atoms with van der Waals surface area (Å²) >= 11 is 0. The van der Waals surface area contributed by atoms with Crippen LogP contribution in [0.15, 0.2) is 42.5 Å². The molecule has 1 N–H and O–H groups in total. The SMILES string of the molecule is Cc1ccc(CNc2ccccc2OCC(C)C)c(C)c1. The van der Waals surface area contributed by atoms with Gasteiger partial charge in [0.15, 0.2) is 0 Å². The maximum atomic E-state index is 5.87. The zero-order valence-electron chi connectivity index (χ0n) is 13.4. The number of anilines is 1. The first-order chi connectivity index (χ1) is 10.1. The van der Waals surface area contributed by atoms with Crippen molar-refractivity contribution < 1.29 is 4.74 Å². The van der Waals surface area contributed by atoms with Crippen molar-refractivity contribution in [2.45, 2.75) is 34.2 Å². The highest BCUT2D eigenvalue weighted by molar-refractivity contribution is 5.56. The summed E-state index contributed by atoms with van der Waals surface area (Å²) in [5.41, 5.74) is 5.00. The molecule has 0 heterocycles. The van der Waals surface area contributed by atoms with Crippen molar-refractivity contribution in [1.82, 2.24) is 0 Å². The van der Waals surface area contributed by atoms with Crippen molar-refractivity contribution in [3.63, 3.8) is 0 Å². The molecule has 2 aromatic rings. The predicted octanol–water partition coefficient (Wildman–Crippen LogP) is 4.95. The fraction of sp³-hybridized carbons (Fsp3) is 0.368. The van der Waals surface area contributed by atoms with E-state index in [9.17, 15) is 0 Å². The van der Waals surface area contributed by atoms with Crippen LogP contribution >= 0.6 is 0 Å². The summed E-state index contributed by atoms with van der Waals surface area (Å²) in [7, 11) is 0. The van der Waals surface area contributed by atoms with Crippen molar-refractivity contribution in [3.05, 3.63) is 59.2 Å². The topological polar surface area (TPSA) is 21.3 Å². The predicted molar refractivity (Wildman–Crippen MR) is 90.0 cm³/mol. The molecule has 0 aromatic heterocycles. The lowest BCUT2D eigenvalue weighted by molar-refractivity contribution is 0.272. The molecule has 2 rings (SSSR count). The molecule has 0 saturated heterocycles. The number of hydrogen-bond acceptors (Lipinski definition) is 2. The normalized spacial score (nSPS) is 10.7. The number of aryl methyl sites for hydroxylation is 2. The van der Waals surface area contributed by atoms with Gasteiger partial charge >= 0.3 is 0 Å². The summed E-state index contributed by atoms with van der Waals surface area (Å²) in [6.07, 6.45) is 0. The molecule has 2 heteroatoms. The molecule has 0 aliphatic heterocycles. The van der Waals surface area contributed by atoms with E-state index in [2.05, 4.69) is 57.3 Å². The van der Waals surface area contributed by atoms with E-state index in [0.29, 0.717) is 5.92 Å². The zero-order valence-corrected chi connectivity index (χ0v) is 13.4. The number of rotatable bonds is 6. The summed E-state index contributed by atoms with van der Waals surface area (Å²) in [6, 6.07) is 14.7. The van der Waals surface area contributed by atoms with Gasteiger partial charge in [-0.15, -0.1) is 0 Å². The van der Waals surface area contributed by atoms with E-state index in [1.807, 2.05) is 18.2 Å². The molecule has 2 aromatic carbocycles. The van der Waals surface area contributed by atoms with Crippen LogP contribution in [0, 0.1) is 19.8 Å². The number of nitrogens with one attached hydrogen (secondary N) is 1. The summed E-state index contributed by atoms with van der Waals surface area (Å²) < 4.78 is 5.87. The third kappa shape index (κ3) is 4.52. The molecule has 21 heavy (non-hydrogen) atoms. The lowest BCUT2D eigenvalue weighted by Crippen LogP contribution is -2.08. The maximum absolute atomic E-state index is 5.87. The van der Waals surface area contributed by atoms with Crippen molar-refractivity contribution in [2.75, 3.05) is 11.9 Å². The van der Waals surface area contributed by atoms with Gasteiger partial charge in [-0.1, -0.05) is 49.7 Å². The van der Waals surface area contributed by atoms with Gasteiger partial charge in [0.1, 0.15) is 5.75 Å². The Bertz CT molecular complexity index is 590. The van der Waals surface area contributed by atoms with Gasteiger partial charge < -0.3 is 10.1 Å². The third-order valence-electron chi connectivity index (χ3n) is 3.43. The van der Waals surface area contributed by atoms with Crippen molar-refractivity contribution in [2.24, 2.45) is 5.92 Å². The molecular weight excluding hydrogens is 258 g/mol. The van der Waals surface area contributed by atoms with E-state index < -0.39 is 0 Å². The summed E-state index contributed by atoms with van der Waals surface area (Å²) in [5, 5.41) is 3.49. The molecule has 0 saturated carbocycles. The molecule has 0 radical (unpaired) electrons. The van der Waals surface area contributed by atoms with E-state index in [-0.39, 0.29) is 0 Å². The fourth-order valence-electron chi connectivity index (χ4n) is 2.23. The van der Waals surface area contributed by atoms with Gasteiger partial charge in [-0.05, 0) is 43.0 Å². The monoisotopic (exact) mass is 283 g/mol. The van der Waals surface area contributed by atoms with E-state index in [1.165, 1.54) is 16.7 Å². The van der Waals surface area contributed by atoms with Crippen molar-refractivity contribution in [3.8, 4) is 5.75 Å². The smallest absolute Gasteiger partial charge is 0.142 e. The van der Waals surface area contributed by atoms with Crippen molar-refractivity contribution >= 4 is 5.69 Å². The largest absolute Gasteiger partial charge is 0.491 e. The minimum absolute atomic E-state index is 0.525. The Balaban J connectivity index is 2.05. The first kappa shape index (κ1) is 15.4. The van der Waals surface area contributed by atoms with Gasteiger partial charge in [0, 0.05) is 6.54 Å². The van der Waals surface area contributed by atoms with Crippen LogP contribution in [0.25, 0.3) is 0 Å². The van der Waals surface area contributed by atoms with Crippen LogP contribution in [0.4, 0.5) is 5.69 Å². The van der Waals surface area contributed by atoms with Crippen LogP contribution in [0.2, 0.25) is 0 Å². The Morgan fingerprint density at radius 3 is 2.52 bits per heavy atom. The number of hydrogen-bond donors (Lipinski definition) is 1. The molecule has 0 amide bonds. The first-order valence-corrected chi connectivity index (χ1v) is 7.58. The highest BCUT2D eigenvalue weighted by Crippen LogP contribution is 2.25. The minimum Gasteiger partial charge on any atom is -0.491 e. The molecule has 112 valence electrons. The second kappa shape index (κ2) is 7.16. The van der Waals surface area contributed by atoms with Gasteiger partial charge in [0.2, 0.25) is 0 Å². The Morgan fingerprint density at radius 1 is 1.05 bits per heavy atom. The van der Waals surface area contributed by atoms with Crippen LogP contribution in [0.1, 0.15) is 30.5 Å². The molecule has 0 unspecified atom stereocenters. The summed E-state index contributed by atoms with van der Waals surface area (Å²) in [5.74, 6) is 1.45. The molecule has 0 aliphatic rings. The Labute approximate surface area is 128 Å². The highest BCUT2D eigenvalue weighted by Gasteiger charge is 2.05. The number of para-hydroxylation sites is 2. The second-order valence-corrected chi connectivity index (χ2v) is 5.98. The lowest BCUT2D eigenvalue weighted by Gasteiger charge is -2.15. The standard InChI is InChI=1S/C19H25NO/c1-14(2)13-21-19-8-6-5-7-18(19)20-12-17-10-9-15(3)11-16(17)4/h5-11,14,20H,12-13H2,1-4H3. The van der Waals surface area contributed by atoms with E-state index in [1.54, 1.807) is 0 Å². The second-order valence-electron chi connectivity index (χ2n) is 5.98. The van der Waals surface area contributed by atoms with Gasteiger partial charge in [0.05, 0.1) is 12.3 Å².